The van der Waals surface area contributed by atoms with E-state index in [4.69, 9.17) is 11.6 Å². The molecule has 1 N–H and O–H groups in total. The molecule has 1 heterocycles. The molecule has 0 aliphatic heterocycles. The minimum Gasteiger partial charge on any atom is -0.480 e. The van der Waals surface area contributed by atoms with E-state index >= 15 is 0 Å². The van der Waals surface area contributed by atoms with Gasteiger partial charge in [0.1, 0.15) is 11.4 Å². The van der Waals surface area contributed by atoms with E-state index < -0.39 is 23.2 Å². The Morgan fingerprint density at radius 3 is 2.54 bits per heavy atom. The second-order valence-electron chi connectivity index (χ2n) is 5.76. The van der Waals surface area contributed by atoms with Crippen LogP contribution >= 0.6 is 11.6 Å². The Hall–Kier alpha value is -2.48. The number of hydrogen-bond donors (Lipinski definition) is 1. The quantitative estimate of drug-likeness (QED) is 0.910. The molecule has 0 radical (unpaired) electrons. The minimum atomic E-state index is -1.41. The van der Waals surface area contributed by atoms with E-state index in [0.717, 1.165) is 4.90 Å². The number of nitrogens with zero attached hydrogens (tertiary/aromatic N) is 4. The van der Waals surface area contributed by atoms with E-state index in [0.29, 0.717) is 11.4 Å². The zero-order valence-electron chi connectivity index (χ0n) is 13.5. The molecule has 0 saturated heterocycles. The fraction of sp³-hybridized carbons (Fsp3) is 0.333. The van der Waals surface area contributed by atoms with Crippen molar-refractivity contribution in [1.82, 2.24) is 19.9 Å². The van der Waals surface area contributed by atoms with Gasteiger partial charge in [-0.25, -0.2) is 13.9 Å². The number of likely N-dealkylation sites (N-methyl/N-ethyl adjacent to an activating group) is 1. The van der Waals surface area contributed by atoms with Gasteiger partial charge in [0, 0.05) is 7.05 Å². The number of halogens is 2. The van der Waals surface area contributed by atoms with Gasteiger partial charge < -0.3 is 10.0 Å². The summed E-state index contributed by atoms with van der Waals surface area (Å²) in [5, 5.41) is 16.9. The lowest BCUT2D eigenvalue weighted by atomic mass is 10.0. The zero-order chi connectivity index (χ0) is 18.2. The van der Waals surface area contributed by atoms with Crippen LogP contribution in [0.15, 0.2) is 18.2 Å². The summed E-state index contributed by atoms with van der Waals surface area (Å²) in [5.74, 6) is -2.30. The van der Waals surface area contributed by atoms with Gasteiger partial charge in [-0.05, 0) is 39.0 Å². The molecule has 128 valence electrons. The van der Waals surface area contributed by atoms with Crippen LogP contribution in [0.5, 0.6) is 0 Å². The van der Waals surface area contributed by atoms with Gasteiger partial charge in [-0.15, -0.1) is 5.10 Å². The number of hydrogen-bond acceptors (Lipinski definition) is 4. The second-order valence-corrected chi connectivity index (χ2v) is 6.17. The highest BCUT2D eigenvalue weighted by molar-refractivity contribution is 6.30. The first-order chi connectivity index (χ1) is 11.1. The summed E-state index contributed by atoms with van der Waals surface area (Å²) in [6, 6.07) is 3.99. The summed E-state index contributed by atoms with van der Waals surface area (Å²) < 4.78 is 14.6. The van der Waals surface area contributed by atoms with Crippen LogP contribution in [0.4, 0.5) is 4.39 Å². The van der Waals surface area contributed by atoms with Crippen LogP contribution in [0.2, 0.25) is 5.02 Å². The number of aliphatic carboxylic acids is 1. The standard InChI is InChI=1S/C15H16ClFN4O3/c1-8-12(13(22)20(4)15(2,3)14(23)24)18-19-21(8)9-5-6-11(17)10(16)7-9/h5-7H,1-4H3,(H,23,24). The number of carbonyl (C=O) groups excluding carboxylic acids is 1. The van der Waals surface area contributed by atoms with Crippen LogP contribution in [-0.4, -0.2) is 49.5 Å². The van der Waals surface area contributed by atoms with Gasteiger partial charge >= 0.3 is 5.97 Å². The highest BCUT2D eigenvalue weighted by Gasteiger charge is 2.37. The molecule has 2 aromatic rings. The maximum Gasteiger partial charge on any atom is 0.329 e. The Bertz CT molecular complexity index is 819. The van der Waals surface area contributed by atoms with Crippen molar-refractivity contribution in [3.63, 3.8) is 0 Å². The first-order valence-electron chi connectivity index (χ1n) is 6.96. The smallest absolute Gasteiger partial charge is 0.329 e. The molecule has 1 aromatic heterocycles. The molecular weight excluding hydrogens is 339 g/mol. The highest BCUT2D eigenvalue weighted by atomic mass is 35.5. The van der Waals surface area contributed by atoms with E-state index in [2.05, 4.69) is 10.3 Å². The van der Waals surface area contributed by atoms with Crippen molar-refractivity contribution in [2.45, 2.75) is 26.3 Å². The lowest BCUT2D eigenvalue weighted by Crippen LogP contribution is -2.51. The van der Waals surface area contributed by atoms with Crippen molar-refractivity contribution < 1.29 is 19.1 Å². The van der Waals surface area contributed by atoms with Crippen molar-refractivity contribution in [2.24, 2.45) is 0 Å². The van der Waals surface area contributed by atoms with E-state index in [1.165, 1.54) is 43.8 Å². The van der Waals surface area contributed by atoms with Crippen molar-refractivity contribution in [1.29, 1.82) is 0 Å². The van der Waals surface area contributed by atoms with Crippen LogP contribution in [0.3, 0.4) is 0 Å². The Morgan fingerprint density at radius 1 is 1.38 bits per heavy atom. The van der Waals surface area contributed by atoms with Gasteiger partial charge in [0.05, 0.1) is 16.4 Å². The predicted molar refractivity (Wildman–Crippen MR) is 84.9 cm³/mol. The van der Waals surface area contributed by atoms with Crippen LogP contribution in [0, 0.1) is 12.7 Å². The fourth-order valence-corrected chi connectivity index (χ4v) is 2.12. The third-order valence-electron chi connectivity index (χ3n) is 3.91. The van der Waals surface area contributed by atoms with E-state index in [9.17, 15) is 19.1 Å². The van der Waals surface area contributed by atoms with Gasteiger partial charge in [0.25, 0.3) is 5.91 Å². The van der Waals surface area contributed by atoms with Gasteiger partial charge in [-0.1, -0.05) is 16.8 Å². The minimum absolute atomic E-state index is 0.00673. The SMILES string of the molecule is Cc1c(C(=O)N(C)C(C)(C)C(=O)O)nnn1-c1ccc(F)c(Cl)c1. The van der Waals surface area contributed by atoms with Crippen molar-refractivity contribution in [2.75, 3.05) is 7.05 Å². The lowest BCUT2D eigenvalue weighted by Gasteiger charge is -2.30. The van der Waals surface area contributed by atoms with Crippen molar-refractivity contribution in [3.05, 3.63) is 40.4 Å². The average molecular weight is 355 g/mol. The molecule has 1 aromatic carbocycles. The molecule has 24 heavy (non-hydrogen) atoms. The zero-order valence-corrected chi connectivity index (χ0v) is 14.3. The summed E-state index contributed by atoms with van der Waals surface area (Å²) in [6.45, 7) is 4.42. The predicted octanol–water partition coefficient (Wildman–Crippen LogP) is 2.30. The Balaban J connectivity index is 2.41. The average Bonchev–Trinajstić information content (AvgIpc) is 2.90. The van der Waals surface area contributed by atoms with Gasteiger partial charge in [0.2, 0.25) is 0 Å². The summed E-state index contributed by atoms with van der Waals surface area (Å²) in [5.41, 5.74) is -0.583. The highest BCUT2D eigenvalue weighted by Crippen LogP contribution is 2.22. The van der Waals surface area contributed by atoms with E-state index in [1.807, 2.05) is 0 Å². The maximum absolute atomic E-state index is 13.3. The molecule has 9 heteroatoms. The summed E-state index contributed by atoms with van der Waals surface area (Å²) in [6.07, 6.45) is 0. The fourth-order valence-electron chi connectivity index (χ4n) is 1.94. The first-order valence-corrected chi connectivity index (χ1v) is 7.34. The molecule has 0 saturated carbocycles. The molecule has 2 rings (SSSR count). The molecule has 0 aliphatic carbocycles. The number of aromatic nitrogens is 3. The van der Waals surface area contributed by atoms with Gasteiger partial charge in [-0.2, -0.15) is 0 Å². The summed E-state index contributed by atoms with van der Waals surface area (Å²) >= 11 is 5.75. The topological polar surface area (TPSA) is 88.3 Å². The molecule has 0 fully saturated rings. The Kier molecular flexibility index (Phi) is 4.61. The van der Waals surface area contributed by atoms with E-state index in [1.54, 1.807) is 6.92 Å². The molecule has 0 atom stereocenters. The first kappa shape index (κ1) is 17.9. The third kappa shape index (κ3) is 2.96. The number of amides is 1. The Morgan fingerprint density at radius 2 is 2.00 bits per heavy atom. The molecule has 0 bridgehead atoms. The van der Waals surface area contributed by atoms with Crippen molar-refractivity contribution in [3.8, 4) is 5.69 Å². The number of carbonyl (C=O) groups is 2. The van der Waals surface area contributed by atoms with E-state index in [-0.39, 0.29) is 10.7 Å². The molecule has 0 spiro atoms. The second kappa shape index (κ2) is 6.20. The largest absolute Gasteiger partial charge is 0.480 e. The monoisotopic (exact) mass is 354 g/mol. The van der Waals surface area contributed by atoms with Crippen LogP contribution in [0.1, 0.15) is 30.0 Å². The maximum atomic E-state index is 13.3. The molecular formula is C15H16ClFN4O3. The molecule has 0 unspecified atom stereocenters. The lowest BCUT2D eigenvalue weighted by molar-refractivity contribution is -0.147. The third-order valence-corrected chi connectivity index (χ3v) is 4.20. The summed E-state index contributed by atoms with van der Waals surface area (Å²) in [7, 11) is 1.38. The van der Waals surface area contributed by atoms with Crippen molar-refractivity contribution >= 4 is 23.5 Å². The molecule has 0 aliphatic rings. The Labute approximate surface area is 142 Å². The van der Waals surface area contributed by atoms with Gasteiger partial charge in [0.15, 0.2) is 5.69 Å². The molecule has 1 amide bonds. The number of carboxylic acids is 1. The van der Waals surface area contributed by atoms with Crippen LogP contribution in [0.25, 0.3) is 5.69 Å². The number of rotatable bonds is 4. The van der Waals surface area contributed by atoms with Crippen LogP contribution in [-0.2, 0) is 4.79 Å². The number of carboxylic acid groups (broad SMARTS) is 1. The normalized spacial score (nSPS) is 11.4. The van der Waals surface area contributed by atoms with Crippen LogP contribution < -0.4 is 0 Å². The van der Waals surface area contributed by atoms with Gasteiger partial charge in [-0.3, -0.25) is 4.79 Å². The summed E-state index contributed by atoms with van der Waals surface area (Å²) in [4.78, 5) is 24.9. The number of benzene rings is 1. The molecule has 7 nitrogen and oxygen atoms in total.